The molecule has 4 N–H and O–H groups in total. The van der Waals surface area contributed by atoms with Gasteiger partial charge in [0.25, 0.3) is 0 Å². The minimum absolute atomic E-state index is 0.0966. The van der Waals surface area contributed by atoms with E-state index in [-0.39, 0.29) is 23.5 Å². The number of phenolic OH excluding ortho intramolecular Hbond substituents is 1. The van der Waals surface area contributed by atoms with Crippen molar-refractivity contribution in [3.63, 3.8) is 0 Å². The SMILES string of the molecule is N[C@@H](Cc1ccc(Oc2ccc(O)cc2)cc1F)C(=O)O. The van der Waals surface area contributed by atoms with Crippen LogP contribution in [0.5, 0.6) is 17.2 Å². The normalized spacial score (nSPS) is 11.9. The van der Waals surface area contributed by atoms with E-state index in [2.05, 4.69) is 0 Å². The lowest BCUT2D eigenvalue weighted by Crippen LogP contribution is -2.32. The highest BCUT2D eigenvalue weighted by Crippen LogP contribution is 2.25. The van der Waals surface area contributed by atoms with Crippen LogP contribution in [0, 0.1) is 5.82 Å². The maximum absolute atomic E-state index is 13.9. The fraction of sp³-hybridized carbons (Fsp3) is 0.133. The first-order valence-corrected chi connectivity index (χ1v) is 6.19. The molecule has 0 unspecified atom stereocenters. The predicted molar refractivity (Wildman–Crippen MR) is 73.9 cm³/mol. The minimum Gasteiger partial charge on any atom is -0.508 e. The van der Waals surface area contributed by atoms with Gasteiger partial charge < -0.3 is 20.7 Å². The smallest absolute Gasteiger partial charge is 0.320 e. The zero-order valence-corrected chi connectivity index (χ0v) is 11.0. The molecule has 0 aliphatic carbocycles. The van der Waals surface area contributed by atoms with Crippen molar-refractivity contribution in [1.29, 1.82) is 0 Å². The summed E-state index contributed by atoms with van der Waals surface area (Å²) < 4.78 is 19.3. The molecule has 0 aliphatic rings. The molecule has 0 saturated carbocycles. The van der Waals surface area contributed by atoms with Crippen LogP contribution in [0.25, 0.3) is 0 Å². The number of halogens is 1. The molecule has 0 fully saturated rings. The first kappa shape index (κ1) is 14.8. The lowest BCUT2D eigenvalue weighted by Gasteiger charge is -2.10. The van der Waals surface area contributed by atoms with E-state index in [0.717, 1.165) is 6.07 Å². The first-order valence-electron chi connectivity index (χ1n) is 6.19. The quantitative estimate of drug-likeness (QED) is 0.786. The van der Waals surface area contributed by atoms with Crippen molar-refractivity contribution in [3.8, 4) is 17.2 Å². The Balaban J connectivity index is 2.11. The topological polar surface area (TPSA) is 92.8 Å². The number of aromatic hydroxyl groups is 1. The summed E-state index contributed by atoms with van der Waals surface area (Å²) in [6.45, 7) is 0. The Morgan fingerprint density at radius 2 is 1.81 bits per heavy atom. The average molecular weight is 291 g/mol. The van der Waals surface area contributed by atoms with Gasteiger partial charge in [0.15, 0.2) is 0 Å². The molecule has 0 spiro atoms. The summed E-state index contributed by atoms with van der Waals surface area (Å²) in [5, 5.41) is 17.9. The summed E-state index contributed by atoms with van der Waals surface area (Å²) in [5.41, 5.74) is 5.58. The van der Waals surface area contributed by atoms with Gasteiger partial charge in [-0.2, -0.15) is 0 Å². The van der Waals surface area contributed by atoms with E-state index in [1.807, 2.05) is 0 Å². The Hall–Kier alpha value is -2.60. The summed E-state index contributed by atoms with van der Waals surface area (Å²) >= 11 is 0. The van der Waals surface area contributed by atoms with Crippen LogP contribution in [0.2, 0.25) is 0 Å². The Labute approximate surface area is 120 Å². The summed E-state index contributed by atoms with van der Waals surface area (Å²) in [4.78, 5) is 10.7. The van der Waals surface area contributed by atoms with E-state index >= 15 is 0 Å². The van der Waals surface area contributed by atoms with Crippen molar-refractivity contribution < 1.29 is 24.1 Å². The molecule has 21 heavy (non-hydrogen) atoms. The van der Waals surface area contributed by atoms with Gasteiger partial charge in [-0.15, -0.1) is 0 Å². The van der Waals surface area contributed by atoms with Gasteiger partial charge in [0.2, 0.25) is 0 Å². The molecule has 0 radical (unpaired) electrons. The molecule has 1 atom stereocenters. The Morgan fingerprint density at radius 3 is 2.38 bits per heavy atom. The van der Waals surface area contributed by atoms with Crippen molar-refractivity contribution in [2.45, 2.75) is 12.5 Å². The Bertz CT molecular complexity index is 643. The fourth-order valence-electron chi connectivity index (χ4n) is 1.73. The number of phenols is 1. The van der Waals surface area contributed by atoms with Crippen molar-refractivity contribution in [1.82, 2.24) is 0 Å². The molecule has 0 heterocycles. The van der Waals surface area contributed by atoms with Crippen LogP contribution in [-0.2, 0) is 11.2 Å². The fourth-order valence-corrected chi connectivity index (χ4v) is 1.73. The molecule has 0 saturated heterocycles. The van der Waals surface area contributed by atoms with E-state index in [4.69, 9.17) is 20.7 Å². The number of hydrogen-bond donors (Lipinski definition) is 3. The van der Waals surface area contributed by atoms with E-state index in [1.54, 1.807) is 12.1 Å². The maximum Gasteiger partial charge on any atom is 0.320 e. The molecule has 6 heteroatoms. The summed E-state index contributed by atoms with van der Waals surface area (Å²) in [7, 11) is 0. The van der Waals surface area contributed by atoms with Gasteiger partial charge in [0, 0.05) is 12.5 Å². The first-order chi connectivity index (χ1) is 9.95. The summed E-state index contributed by atoms with van der Waals surface area (Å²) in [6, 6.07) is 8.97. The lowest BCUT2D eigenvalue weighted by atomic mass is 10.1. The molecular weight excluding hydrogens is 277 g/mol. The van der Waals surface area contributed by atoms with E-state index < -0.39 is 17.8 Å². The van der Waals surface area contributed by atoms with Crippen LogP contribution in [0.3, 0.4) is 0 Å². The molecule has 2 aromatic rings. The number of nitrogens with two attached hydrogens (primary N) is 1. The van der Waals surface area contributed by atoms with Crippen LogP contribution in [0.15, 0.2) is 42.5 Å². The van der Waals surface area contributed by atoms with Gasteiger partial charge in [-0.3, -0.25) is 4.79 Å². The Kier molecular flexibility index (Phi) is 4.39. The summed E-state index contributed by atoms with van der Waals surface area (Å²) in [5.74, 6) is -0.943. The third-order valence-corrected chi connectivity index (χ3v) is 2.85. The Morgan fingerprint density at radius 1 is 1.19 bits per heavy atom. The number of aliphatic carboxylic acids is 1. The molecule has 2 rings (SSSR count). The lowest BCUT2D eigenvalue weighted by molar-refractivity contribution is -0.138. The number of rotatable bonds is 5. The van der Waals surface area contributed by atoms with Crippen molar-refractivity contribution >= 4 is 5.97 Å². The van der Waals surface area contributed by atoms with E-state index in [1.165, 1.54) is 24.3 Å². The second-order valence-electron chi connectivity index (χ2n) is 4.50. The predicted octanol–water partition coefficient (Wildman–Crippen LogP) is 2.28. The number of ether oxygens (including phenoxy) is 1. The number of benzene rings is 2. The van der Waals surface area contributed by atoms with Crippen LogP contribution >= 0.6 is 0 Å². The van der Waals surface area contributed by atoms with Crippen LogP contribution in [-0.4, -0.2) is 22.2 Å². The highest BCUT2D eigenvalue weighted by molar-refractivity contribution is 5.73. The van der Waals surface area contributed by atoms with Gasteiger partial charge in [-0.1, -0.05) is 6.07 Å². The second kappa shape index (κ2) is 6.23. The molecule has 2 aromatic carbocycles. The minimum atomic E-state index is -1.18. The number of carbonyl (C=O) groups is 1. The van der Waals surface area contributed by atoms with Crippen molar-refractivity contribution in [3.05, 3.63) is 53.8 Å². The highest BCUT2D eigenvalue weighted by atomic mass is 19.1. The molecule has 0 aromatic heterocycles. The average Bonchev–Trinajstić information content (AvgIpc) is 2.44. The van der Waals surface area contributed by atoms with E-state index in [9.17, 15) is 9.18 Å². The zero-order valence-electron chi connectivity index (χ0n) is 11.0. The molecule has 0 bridgehead atoms. The van der Waals surface area contributed by atoms with Gasteiger partial charge in [0.05, 0.1) is 0 Å². The molecule has 0 amide bonds. The maximum atomic E-state index is 13.9. The summed E-state index contributed by atoms with van der Waals surface area (Å²) in [6.07, 6.45) is -0.0966. The largest absolute Gasteiger partial charge is 0.508 e. The monoisotopic (exact) mass is 291 g/mol. The van der Waals surface area contributed by atoms with Gasteiger partial charge in [0.1, 0.15) is 29.1 Å². The second-order valence-corrected chi connectivity index (χ2v) is 4.50. The number of carboxylic acid groups (broad SMARTS) is 1. The standard InChI is InChI=1S/C15H14FNO4/c16-13-8-12(21-11-5-2-10(18)3-6-11)4-1-9(13)7-14(17)15(19)20/h1-6,8,14,18H,7,17H2,(H,19,20)/t14-/m0/s1. The van der Waals surface area contributed by atoms with Crippen molar-refractivity contribution in [2.24, 2.45) is 5.73 Å². The molecule has 110 valence electrons. The van der Waals surface area contributed by atoms with Gasteiger partial charge in [-0.05, 0) is 35.9 Å². The van der Waals surface area contributed by atoms with Crippen molar-refractivity contribution in [2.75, 3.05) is 0 Å². The van der Waals surface area contributed by atoms with E-state index in [0.29, 0.717) is 5.75 Å². The third-order valence-electron chi connectivity index (χ3n) is 2.85. The number of carboxylic acids is 1. The molecule has 0 aliphatic heterocycles. The van der Waals surface area contributed by atoms with Gasteiger partial charge >= 0.3 is 5.97 Å². The zero-order chi connectivity index (χ0) is 15.4. The number of hydrogen-bond acceptors (Lipinski definition) is 4. The van der Waals surface area contributed by atoms with Crippen LogP contribution < -0.4 is 10.5 Å². The molecule has 5 nitrogen and oxygen atoms in total. The highest BCUT2D eigenvalue weighted by Gasteiger charge is 2.15. The van der Waals surface area contributed by atoms with Crippen LogP contribution in [0.4, 0.5) is 4.39 Å². The van der Waals surface area contributed by atoms with Crippen LogP contribution in [0.1, 0.15) is 5.56 Å². The molecular formula is C15H14FNO4. The third kappa shape index (κ3) is 3.93. The van der Waals surface area contributed by atoms with Gasteiger partial charge in [-0.25, -0.2) is 4.39 Å².